The molecule has 6 heteroatoms. The molecule has 1 saturated carbocycles. The van der Waals surface area contributed by atoms with Crippen LogP contribution >= 0.6 is 0 Å². The van der Waals surface area contributed by atoms with Gasteiger partial charge in [-0.3, -0.25) is 9.59 Å². The normalized spacial score (nSPS) is 14.5. The number of carboxylic acid groups (broad SMARTS) is 1. The third kappa shape index (κ3) is 5.16. The summed E-state index contributed by atoms with van der Waals surface area (Å²) in [4.78, 5) is 22.5. The summed E-state index contributed by atoms with van der Waals surface area (Å²) in [5.41, 5.74) is 0.468. The van der Waals surface area contributed by atoms with E-state index in [0.717, 1.165) is 12.8 Å². The molecule has 0 unspecified atom stereocenters. The average Bonchev–Trinajstić information content (AvgIpc) is 3.04. The third-order valence-electron chi connectivity index (χ3n) is 3.87. The molecule has 1 aromatic carbocycles. The summed E-state index contributed by atoms with van der Waals surface area (Å²) in [6.07, 6.45) is 5.13. The van der Waals surface area contributed by atoms with E-state index in [9.17, 15) is 9.59 Å². The maximum absolute atomic E-state index is 12.1. The van der Waals surface area contributed by atoms with Gasteiger partial charge in [-0.1, -0.05) is 0 Å². The highest BCUT2D eigenvalue weighted by Crippen LogP contribution is 2.32. The van der Waals surface area contributed by atoms with Crippen LogP contribution in [0.25, 0.3) is 0 Å². The van der Waals surface area contributed by atoms with Crippen molar-refractivity contribution in [1.29, 1.82) is 0 Å². The summed E-state index contributed by atoms with van der Waals surface area (Å²) in [6.45, 7) is 0.327. The van der Waals surface area contributed by atoms with Crippen LogP contribution in [0.4, 0.5) is 0 Å². The van der Waals surface area contributed by atoms with Crippen LogP contribution in [0.15, 0.2) is 18.2 Å². The standard InChI is InChI=1S/C17H23NO5/c1-22-15-11-12(17(21)18-10-4-7-16(19)20)8-9-14(15)23-13-5-2-3-6-13/h8-9,11,13H,2-7,10H2,1H3,(H,18,21)(H,19,20). The van der Waals surface area contributed by atoms with Crippen LogP contribution in [0.1, 0.15) is 48.9 Å². The first kappa shape index (κ1) is 17.1. The smallest absolute Gasteiger partial charge is 0.303 e. The number of hydrogen-bond acceptors (Lipinski definition) is 4. The zero-order valence-corrected chi connectivity index (χ0v) is 13.3. The quantitative estimate of drug-likeness (QED) is 0.719. The Morgan fingerprint density at radius 2 is 2.00 bits per heavy atom. The first-order valence-corrected chi connectivity index (χ1v) is 7.95. The molecule has 1 aliphatic carbocycles. The fourth-order valence-corrected chi connectivity index (χ4v) is 2.64. The van der Waals surface area contributed by atoms with Gasteiger partial charge in [0.15, 0.2) is 11.5 Å². The number of nitrogens with one attached hydrogen (secondary N) is 1. The Hall–Kier alpha value is -2.24. The van der Waals surface area contributed by atoms with Gasteiger partial charge in [-0.2, -0.15) is 0 Å². The molecule has 1 aromatic rings. The second-order valence-electron chi connectivity index (χ2n) is 5.64. The number of benzene rings is 1. The van der Waals surface area contributed by atoms with Gasteiger partial charge in [0.05, 0.1) is 13.2 Å². The lowest BCUT2D eigenvalue weighted by Crippen LogP contribution is -2.25. The number of aliphatic carboxylic acids is 1. The molecule has 1 fully saturated rings. The molecule has 2 N–H and O–H groups in total. The number of amides is 1. The van der Waals surface area contributed by atoms with E-state index in [1.165, 1.54) is 12.8 Å². The predicted molar refractivity (Wildman–Crippen MR) is 85.1 cm³/mol. The topological polar surface area (TPSA) is 84.9 Å². The van der Waals surface area contributed by atoms with E-state index in [1.54, 1.807) is 25.3 Å². The van der Waals surface area contributed by atoms with Gasteiger partial charge >= 0.3 is 5.97 Å². The summed E-state index contributed by atoms with van der Waals surface area (Å²) >= 11 is 0. The Bertz CT molecular complexity index is 552. The van der Waals surface area contributed by atoms with Crippen molar-refractivity contribution in [2.24, 2.45) is 0 Å². The van der Waals surface area contributed by atoms with Crippen molar-refractivity contribution in [3.63, 3.8) is 0 Å². The Morgan fingerprint density at radius 3 is 2.65 bits per heavy atom. The minimum Gasteiger partial charge on any atom is -0.493 e. The molecule has 1 amide bonds. The first-order chi connectivity index (χ1) is 11.1. The van der Waals surface area contributed by atoms with Gasteiger partial charge in [0, 0.05) is 18.5 Å². The molecular formula is C17H23NO5. The molecule has 0 saturated heterocycles. The largest absolute Gasteiger partial charge is 0.493 e. The summed E-state index contributed by atoms with van der Waals surface area (Å²) in [5, 5.41) is 11.3. The Labute approximate surface area is 135 Å². The molecule has 6 nitrogen and oxygen atoms in total. The van der Waals surface area contributed by atoms with E-state index in [1.807, 2.05) is 0 Å². The molecule has 0 aromatic heterocycles. The maximum Gasteiger partial charge on any atom is 0.303 e. The molecule has 0 heterocycles. The van der Waals surface area contributed by atoms with Gasteiger partial charge in [0.1, 0.15) is 0 Å². The number of carboxylic acids is 1. The molecule has 126 valence electrons. The monoisotopic (exact) mass is 321 g/mol. The SMILES string of the molecule is COc1cc(C(=O)NCCCC(=O)O)ccc1OC1CCCC1. The van der Waals surface area contributed by atoms with Gasteiger partial charge < -0.3 is 19.9 Å². The van der Waals surface area contributed by atoms with Crippen LogP contribution in [0.2, 0.25) is 0 Å². The van der Waals surface area contributed by atoms with Gasteiger partial charge in [-0.05, 0) is 50.3 Å². The highest BCUT2D eigenvalue weighted by Gasteiger charge is 2.19. The molecule has 0 radical (unpaired) electrons. The molecule has 0 atom stereocenters. The number of rotatable bonds is 8. The highest BCUT2D eigenvalue weighted by molar-refractivity contribution is 5.94. The highest BCUT2D eigenvalue weighted by atomic mass is 16.5. The Kier molecular flexibility index (Phi) is 6.26. The van der Waals surface area contributed by atoms with Crippen LogP contribution in [0, 0.1) is 0 Å². The van der Waals surface area contributed by atoms with Crippen molar-refractivity contribution in [1.82, 2.24) is 5.32 Å². The molecule has 23 heavy (non-hydrogen) atoms. The second kappa shape index (κ2) is 8.41. The molecule has 0 bridgehead atoms. The summed E-state index contributed by atoms with van der Waals surface area (Å²) in [5.74, 6) is 0.0763. The van der Waals surface area contributed by atoms with E-state index < -0.39 is 5.97 Å². The van der Waals surface area contributed by atoms with Crippen molar-refractivity contribution in [2.75, 3.05) is 13.7 Å². The first-order valence-electron chi connectivity index (χ1n) is 7.95. The average molecular weight is 321 g/mol. The molecule has 1 aliphatic rings. The lowest BCUT2D eigenvalue weighted by Gasteiger charge is -2.16. The summed E-state index contributed by atoms with van der Waals surface area (Å²) < 4.78 is 11.3. The Balaban J connectivity index is 1.94. The molecular weight excluding hydrogens is 298 g/mol. The number of hydrogen-bond donors (Lipinski definition) is 2. The number of ether oxygens (including phenoxy) is 2. The van der Waals surface area contributed by atoms with Crippen molar-refractivity contribution < 1.29 is 24.2 Å². The maximum atomic E-state index is 12.1. The van der Waals surface area contributed by atoms with E-state index in [4.69, 9.17) is 14.6 Å². The molecule has 2 rings (SSSR count). The van der Waals surface area contributed by atoms with Crippen LogP contribution in [-0.4, -0.2) is 36.7 Å². The van der Waals surface area contributed by atoms with Crippen molar-refractivity contribution in [3.05, 3.63) is 23.8 Å². The van der Waals surface area contributed by atoms with Crippen LogP contribution in [0.5, 0.6) is 11.5 Å². The minimum atomic E-state index is -0.866. The van der Waals surface area contributed by atoms with Gasteiger partial charge in [-0.25, -0.2) is 0 Å². The fraction of sp³-hybridized carbons (Fsp3) is 0.529. The summed E-state index contributed by atoms with van der Waals surface area (Å²) in [7, 11) is 1.55. The van der Waals surface area contributed by atoms with Crippen LogP contribution in [0.3, 0.4) is 0 Å². The van der Waals surface area contributed by atoms with Gasteiger partial charge in [0.2, 0.25) is 0 Å². The lowest BCUT2D eigenvalue weighted by molar-refractivity contribution is -0.137. The molecule has 0 spiro atoms. The zero-order valence-electron chi connectivity index (χ0n) is 13.3. The van der Waals surface area contributed by atoms with E-state index in [0.29, 0.717) is 30.0 Å². The fourth-order valence-electron chi connectivity index (χ4n) is 2.64. The number of methoxy groups -OCH3 is 1. The number of carbonyl (C=O) groups is 2. The van der Waals surface area contributed by atoms with Crippen molar-refractivity contribution in [3.8, 4) is 11.5 Å². The third-order valence-corrected chi connectivity index (χ3v) is 3.87. The summed E-state index contributed by atoms with van der Waals surface area (Å²) in [6, 6.07) is 5.10. The number of carbonyl (C=O) groups excluding carboxylic acids is 1. The van der Waals surface area contributed by atoms with Crippen molar-refractivity contribution in [2.45, 2.75) is 44.6 Å². The second-order valence-corrected chi connectivity index (χ2v) is 5.64. The zero-order chi connectivity index (χ0) is 16.7. The van der Waals surface area contributed by atoms with Gasteiger partial charge in [0.25, 0.3) is 5.91 Å². The van der Waals surface area contributed by atoms with Crippen LogP contribution < -0.4 is 14.8 Å². The van der Waals surface area contributed by atoms with E-state index >= 15 is 0 Å². The molecule has 0 aliphatic heterocycles. The van der Waals surface area contributed by atoms with Crippen LogP contribution in [-0.2, 0) is 4.79 Å². The predicted octanol–water partition coefficient (Wildman–Crippen LogP) is 2.61. The van der Waals surface area contributed by atoms with Crippen molar-refractivity contribution >= 4 is 11.9 Å². The lowest BCUT2D eigenvalue weighted by atomic mass is 10.1. The van der Waals surface area contributed by atoms with E-state index in [-0.39, 0.29) is 18.4 Å². The van der Waals surface area contributed by atoms with E-state index in [2.05, 4.69) is 5.32 Å². The minimum absolute atomic E-state index is 0.0395. The Morgan fingerprint density at radius 1 is 1.26 bits per heavy atom. The van der Waals surface area contributed by atoms with Gasteiger partial charge in [-0.15, -0.1) is 0 Å².